The molecule has 0 bridgehead atoms. The van der Waals surface area contributed by atoms with Crippen molar-refractivity contribution in [2.75, 3.05) is 16.8 Å². The first-order valence-corrected chi connectivity index (χ1v) is 14.9. The Kier molecular flexibility index (Phi) is 7.19. The molecule has 4 heterocycles. The molecule has 8 aromatic rings. The van der Waals surface area contributed by atoms with Gasteiger partial charge in [0, 0.05) is 61.0 Å². The quantitative estimate of drug-likeness (QED) is 0.156. The zero-order valence-corrected chi connectivity index (χ0v) is 27.3. The van der Waals surface area contributed by atoms with Crippen molar-refractivity contribution in [1.29, 1.82) is 0 Å². The molecule has 232 valence electrons. The van der Waals surface area contributed by atoms with Gasteiger partial charge in [0.05, 0.1) is 0 Å². The molecule has 0 fully saturated rings. The Bertz CT molecular complexity index is 2380. The van der Waals surface area contributed by atoms with Crippen molar-refractivity contribution in [1.82, 2.24) is 9.88 Å². The van der Waals surface area contributed by atoms with E-state index < -0.39 is 0 Å². The molecule has 8 heteroatoms. The van der Waals surface area contributed by atoms with Gasteiger partial charge >= 0.3 is 0 Å². The maximum absolute atomic E-state index is 6.66. The Labute approximate surface area is 285 Å². The van der Waals surface area contributed by atoms with Crippen LogP contribution in [0.15, 0.2) is 137 Å². The third-order valence-electron chi connectivity index (χ3n) is 8.09. The summed E-state index contributed by atoms with van der Waals surface area (Å²) < 4.78 is 19.5. The molecule has 1 aliphatic rings. The second-order valence-electron chi connectivity index (χ2n) is 11.1. The maximum Gasteiger partial charge on any atom is 0.135 e. The van der Waals surface area contributed by atoms with Gasteiger partial charge in [0.2, 0.25) is 0 Å². The van der Waals surface area contributed by atoms with E-state index in [0.717, 1.165) is 49.9 Å². The number of nitrogens with zero attached hydrogens (tertiary/aromatic N) is 4. The Morgan fingerprint density at radius 1 is 0.723 bits per heavy atom. The van der Waals surface area contributed by atoms with E-state index in [0.29, 0.717) is 28.4 Å². The molecule has 0 aliphatic carbocycles. The van der Waals surface area contributed by atoms with Crippen LogP contribution in [0.2, 0.25) is 0 Å². The van der Waals surface area contributed by atoms with E-state index in [1.165, 1.54) is 0 Å². The molecule has 0 N–H and O–H groups in total. The Morgan fingerprint density at radius 3 is 2.21 bits per heavy atom. The predicted octanol–water partition coefficient (Wildman–Crippen LogP) is 10.1. The summed E-state index contributed by atoms with van der Waals surface area (Å²) >= 11 is 0. The molecule has 9 rings (SSSR count). The van der Waals surface area contributed by atoms with Crippen molar-refractivity contribution in [3.63, 3.8) is 0 Å². The summed E-state index contributed by atoms with van der Waals surface area (Å²) in [6.45, 7) is 2.00. The number of pyridine rings is 1. The van der Waals surface area contributed by atoms with Gasteiger partial charge in [-0.3, -0.25) is 0 Å². The van der Waals surface area contributed by atoms with Crippen LogP contribution < -0.4 is 14.5 Å². The van der Waals surface area contributed by atoms with E-state index >= 15 is 0 Å². The summed E-state index contributed by atoms with van der Waals surface area (Å²) in [5.41, 5.74) is 5.38. The SMILES string of the molecule is CN1C=CN(c2[c-]c(Oc3[c-]c(N(c4ccccc4)c4ccccn4)c4oc5ccccc5c4c3)cc3oc4ccccc4c23)[CH-]1.[Pt]. The molecule has 5 aromatic carbocycles. The number of hydrogen-bond acceptors (Lipinski definition) is 7. The maximum atomic E-state index is 6.66. The minimum absolute atomic E-state index is 0. The van der Waals surface area contributed by atoms with Crippen molar-refractivity contribution < 1.29 is 34.6 Å². The van der Waals surface area contributed by atoms with Crippen LogP contribution in [0.5, 0.6) is 11.5 Å². The fourth-order valence-electron chi connectivity index (χ4n) is 6.07. The van der Waals surface area contributed by atoms with Gasteiger partial charge in [0.15, 0.2) is 0 Å². The number of aromatic nitrogens is 1. The first-order chi connectivity index (χ1) is 22.7. The van der Waals surface area contributed by atoms with Crippen molar-refractivity contribution in [3.8, 4) is 11.5 Å². The standard InChI is InChI=1S/C39H25N4O3.Pt/c1-41-19-20-42(25-41)32-22-28(24-36-38(32)30-14-6-8-16-35(30)45-36)44-27-21-31-29-13-5-7-15-34(29)46-39(31)33(23-27)43(26-11-3-2-4-12-26)37-17-9-10-18-40-37;/h2-21,24-25H,1H3;/q-3;. The predicted molar refractivity (Wildman–Crippen MR) is 181 cm³/mol. The average Bonchev–Trinajstić information content (AvgIpc) is 3.80. The largest absolute Gasteiger partial charge is 0.513 e. The molecule has 0 unspecified atom stereocenters. The Morgan fingerprint density at radius 2 is 1.45 bits per heavy atom. The van der Waals surface area contributed by atoms with Crippen LogP contribution in [-0.2, 0) is 21.1 Å². The van der Waals surface area contributed by atoms with Gasteiger partial charge in [0.25, 0.3) is 0 Å². The van der Waals surface area contributed by atoms with E-state index in [2.05, 4.69) is 24.3 Å². The van der Waals surface area contributed by atoms with Crippen molar-refractivity contribution in [2.24, 2.45) is 0 Å². The zero-order chi connectivity index (χ0) is 30.6. The molecule has 47 heavy (non-hydrogen) atoms. The normalized spacial score (nSPS) is 12.8. The third kappa shape index (κ3) is 5.00. The molecule has 1 aliphatic heterocycles. The molecule has 0 radical (unpaired) electrons. The fourth-order valence-corrected chi connectivity index (χ4v) is 6.07. The number of hydrogen-bond donors (Lipinski definition) is 0. The fraction of sp³-hybridized carbons (Fsp3) is 0.0256. The van der Waals surface area contributed by atoms with Gasteiger partial charge in [0.1, 0.15) is 17.0 Å². The van der Waals surface area contributed by atoms with Gasteiger partial charge in [-0.05, 0) is 66.9 Å². The molecule has 0 atom stereocenters. The van der Waals surface area contributed by atoms with Gasteiger partial charge in [-0.1, -0.05) is 83.2 Å². The first-order valence-electron chi connectivity index (χ1n) is 14.9. The van der Waals surface area contributed by atoms with Gasteiger partial charge in [-0.2, -0.15) is 6.67 Å². The molecule has 7 nitrogen and oxygen atoms in total. The van der Waals surface area contributed by atoms with Crippen LogP contribution in [0, 0.1) is 18.8 Å². The van der Waals surface area contributed by atoms with E-state index in [-0.39, 0.29) is 21.1 Å². The van der Waals surface area contributed by atoms with Gasteiger partial charge in [-0.25, -0.2) is 4.98 Å². The molecule has 0 spiro atoms. The number of para-hydroxylation sites is 3. The molecular formula is C39H25N4O3Pt-3. The monoisotopic (exact) mass is 792 g/mol. The topological polar surface area (TPSA) is 58.1 Å². The second-order valence-corrected chi connectivity index (χ2v) is 11.1. The third-order valence-corrected chi connectivity index (χ3v) is 8.09. The molecular weight excluding hydrogens is 768 g/mol. The number of benzene rings is 5. The minimum atomic E-state index is 0. The zero-order valence-electron chi connectivity index (χ0n) is 25.0. The molecule has 3 aromatic heterocycles. The number of furan rings is 2. The van der Waals surface area contributed by atoms with Crippen LogP contribution in [0.3, 0.4) is 0 Å². The number of rotatable bonds is 6. The van der Waals surface area contributed by atoms with Crippen molar-refractivity contribution in [3.05, 3.63) is 147 Å². The smallest absolute Gasteiger partial charge is 0.135 e. The van der Waals surface area contributed by atoms with Gasteiger partial charge in [-0.15, -0.1) is 18.2 Å². The average molecular weight is 793 g/mol. The van der Waals surface area contributed by atoms with Crippen molar-refractivity contribution >= 4 is 66.8 Å². The minimum Gasteiger partial charge on any atom is -0.513 e. The van der Waals surface area contributed by atoms with Crippen LogP contribution >= 0.6 is 0 Å². The summed E-state index contributed by atoms with van der Waals surface area (Å²) in [7, 11) is 1.99. The summed E-state index contributed by atoms with van der Waals surface area (Å²) in [5, 5.41) is 3.86. The molecule has 0 saturated heterocycles. The summed E-state index contributed by atoms with van der Waals surface area (Å²) in [6, 6.07) is 42.9. The van der Waals surface area contributed by atoms with E-state index in [4.69, 9.17) is 18.6 Å². The summed E-state index contributed by atoms with van der Waals surface area (Å²) in [5.74, 6) is 1.72. The Hall–Kier alpha value is -5.52. The Balaban J connectivity index is 0.00000324. The van der Waals surface area contributed by atoms with E-state index in [1.807, 2.05) is 138 Å². The molecule has 0 saturated carbocycles. The summed E-state index contributed by atoms with van der Waals surface area (Å²) in [4.78, 5) is 10.8. The van der Waals surface area contributed by atoms with E-state index in [1.54, 1.807) is 6.20 Å². The second kappa shape index (κ2) is 11.7. The van der Waals surface area contributed by atoms with E-state index in [9.17, 15) is 0 Å². The van der Waals surface area contributed by atoms with Crippen molar-refractivity contribution in [2.45, 2.75) is 0 Å². The summed E-state index contributed by atoms with van der Waals surface area (Å²) in [6.07, 6.45) is 5.76. The van der Waals surface area contributed by atoms with Gasteiger partial charge < -0.3 is 28.3 Å². The first kappa shape index (κ1) is 28.9. The van der Waals surface area contributed by atoms with Crippen LogP contribution in [0.25, 0.3) is 43.9 Å². The number of fused-ring (bicyclic) bond motifs is 6. The molecule has 0 amide bonds. The van der Waals surface area contributed by atoms with Crippen LogP contribution in [-0.4, -0.2) is 16.9 Å². The van der Waals surface area contributed by atoms with Crippen LogP contribution in [0.4, 0.5) is 22.9 Å². The number of ether oxygens (including phenoxy) is 1. The number of anilines is 4. The van der Waals surface area contributed by atoms with Crippen LogP contribution in [0.1, 0.15) is 0 Å².